The minimum Gasteiger partial charge on any atom is -0.466 e. The minimum atomic E-state index is -0.669. The van der Waals surface area contributed by atoms with Gasteiger partial charge in [-0.05, 0) is 74.9 Å². The van der Waals surface area contributed by atoms with Crippen LogP contribution in [0, 0.1) is 0 Å². The highest BCUT2D eigenvalue weighted by Gasteiger charge is 2.21. The van der Waals surface area contributed by atoms with Crippen LogP contribution >= 0.6 is 0 Å². The lowest BCUT2D eigenvalue weighted by molar-refractivity contribution is -0.148. The fraction of sp³-hybridized carbons (Fsp3) is 0.333. The molecule has 2 aromatic carbocycles. The number of aliphatic imine (C=N–C) groups is 1. The van der Waals surface area contributed by atoms with Gasteiger partial charge < -0.3 is 25.1 Å². The van der Waals surface area contributed by atoms with Crippen molar-refractivity contribution in [1.29, 1.82) is 0 Å². The summed E-state index contributed by atoms with van der Waals surface area (Å²) in [5, 5.41) is 3.36. The maximum atomic E-state index is 13.6. The van der Waals surface area contributed by atoms with Crippen LogP contribution < -0.4 is 16.0 Å². The Balaban J connectivity index is 1.44. The van der Waals surface area contributed by atoms with Crippen molar-refractivity contribution in [3.05, 3.63) is 83.8 Å². The van der Waals surface area contributed by atoms with Gasteiger partial charge in [0.25, 0.3) is 5.91 Å². The quantitative estimate of drug-likeness (QED) is 0.118. The number of nitrogens with zero attached hydrogens (tertiary/aromatic N) is 5. The Morgan fingerprint density at radius 2 is 1.78 bits per heavy atom. The van der Waals surface area contributed by atoms with E-state index in [1.807, 2.05) is 48.9 Å². The van der Waals surface area contributed by atoms with Gasteiger partial charge in [0, 0.05) is 43.0 Å². The van der Waals surface area contributed by atoms with Crippen LogP contribution in [-0.2, 0) is 32.7 Å². The number of esters is 2. The van der Waals surface area contributed by atoms with Crippen molar-refractivity contribution in [1.82, 2.24) is 14.5 Å². The van der Waals surface area contributed by atoms with Crippen LogP contribution in [0.5, 0.6) is 0 Å². The number of imidazole rings is 1. The first-order valence-corrected chi connectivity index (χ1v) is 14.9. The molecule has 236 valence electrons. The van der Waals surface area contributed by atoms with E-state index in [1.54, 1.807) is 50.4 Å². The fourth-order valence-electron chi connectivity index (χ4n) is 4.66. The number of anilines is 2. The summed E-state index contributed by atoms with van der Waals surface area (Å²) < 4.78 is 12.3. The first-order valence-electron chi connectivity index (χ1n) is 14.9. The fourth-order valence-corrected chi connectivity index (χ4v) is 4.66. The SMILES string of the molecule is CCCC(=O)OC(C)/N=C(\N)c1ccc(NCc2nc3cc(C(=O)N(CCC(=O)OCC)c4ccccn4)ccc3n2C)cc1. The molecule has 2 heterocycles. The number of amides is 1. The van der Waals surface area contributed by atoms with Gasteiger partial charge in [0.15, 0.2) is 6.23 Å². The third-order valence-electron chi connectivity index (χ3n) is 6.94. The molecule has 3 N–H and O–H groups in total. The van der Waals surface area contributed by atoms with Gasteiger partial charge in [-0.25, -0.2) is 15.0 Å². The summed E-state index contributed by atoms with van der Waals surface area (Å²) in [5.41, 5.74) is 9.65. The lowest BCUT2D eigenvalue weighted by Gasteiger charge is -2.21. The smallest absolute Gasteiger partial charge is 0.307 e. The number of aryl methyl sites for hydroxylation is 1. The number of benzene rings is 2. The molecule has 4 rings (SSSR count). The van der Waals surface area contributed by atoms with E-state index in [0.717, 1.165) is 17.0 Å². The van der Waals surface area contributed by atoms with Crippen molar-refractivity contribution >= 4 is 46.2 Å². The molecule has 0 fully saturated rings. The number of amidine groups is 1. The van der Waals surface area contributed by atoms with Gasteiger partial charge in [0.2, 0.25) is 0 Å². The molecule has 0 saturated carbocycles. The molecular formula is C33H39N7O5. The highest BCUT2D eigenvalue weighted by molar-refractivity contribution is 6.07. The van der Waals surface area contributed by atoms with E-state index < -0.39 is 6.23 Å². The van der Waals surface area contributed by atoms with E-state index >= 15 is 0 Å². The topological polar surface area (TPSA) is 154 Å². The lowest BCUT2D eigenvalue weighted by Crippen LogP contribution is -2.34. The van der Waals surface area contributed by atoms with E-state index in [0.29, 0.717) is 41.8 Å². The van der Waals surface area contributed by atoms with Crippen LogP contribution in [0.25, 0.3) is 11.0 Å². The molecule has 12 nitrogen and oxygen atoms in total. The Bertz CT molecular complexity index is 1650. The zero-order chi connectivity index (χ0) is 32.3. The van der Waals surface area contributed by atoms with Crippen molar-refractivity contribution in [2.75, 3.05) is 23.4 Å². The van der Waals surface area contributed by atoms with Crippen molar-refractivity contribution < 1.29 is 23.9 Å². The maximum absolute atomic E-state index is 13.6. The van der Waals surface area contributed by atoms with Crippen LogP contribution in [-0.4, -0.2) is 57.6 Å². The Kier molecular flexibility index (Phi) is 11.2. The van der Waals surface area contributed by atoms with Gasteiger partial charge in [-0.1, -0.05) is 13.0 Å². The van der Waals surface area contributed by atoms with E-state index in [9.17, 15) is 14.4 Å². The third kappa shape index (κ3) is 8.65. The number of fused-ring (bicyclic) bond motifs is 1. The molecule has 2 aromatic heterocycles. The zero-order valence-corrected chi connectivity index (χ0v) is 26.0. The average molecular weight is 614 g/mol. The number of nitrogens with one attached hydrogen (secondary N) is 1. The summed E-state index contributed by atoms with van der Waals surface area (Å²) in [4.78, 5) is 52.2. The van der Waals surface area contributed by atoms with Crippen LogP contribution in [0.2, 0.25) is 0 Å². The molecule has 45 heavy (non-hydrogen) atoms. The van der Waals surface area contributed by atoms with E-state index in [-0.39, 0.29) is 43.3 Å². The van der Waals surface area contributed by atoms with Gasteiger partial charge in [0.05, 0.1) is 30.6 Å². The molecule has 4 aromatic rings. The zero-order valence-electron chi connectivity index (χ0n) is 26.0. The Morgan fingerprint density at radius 1 is 1.02 bits per heavy atom. The molecule has 1 unspecified atom stereocenters. The van der Waals surface area contributed by atoms with Crippen molar-refractivity contribution in [2.24, 2.45) is 17.8 Å². The Hall–Kier alpha value is -5.26. The van der Waals surface area contributed by atoms with Crippen molar-refractivity contribution in [2.45, 2.75) is 52.8 Å². The summed E-state index contributed by atoms with van der Waals surface area (Å²) in [5.74, 6) is 0.522. The predicted molar refractivity (Wildman–Crippen MR) is 173 cm³/mol. The minimum absolute atomic E-state index is 0.0474. The first kappa shape index (κ1) is 32.6. The van der Waals surface area contributed by atoms with Crippen LogP contribution in [0.4, 0.5) is 11.5 Å². The highest BCUT2D eigenvalue weighted by atomic mass is 16.6. The van der Waals surface area contributed by atoms with Gasteiger partial charge in [-0.2, -0.15) is 0 Å². The molecule has 0 bridgehead atoms. The van der Waals surface area contributed by atoms with E-state index in [1.165, 1.54) is 4.90 Å². The normalized spacial score (nSPS) is 12.0. The van der Waals surface area contributed by atoms with E-state index in [2.05, 4.69) is 15.3 Å². The summed E-state index contributed by atoms with van der Waals surface area (Å²) in [6.07, 6.45) is 2.03. The molecule has 12 heteroatoms. The molecule has 0 spiro atoms. The number of hydrogen-bond donors (Lipinski definition) is 2. The van der Waals surface area contributed by atoms with Gasteiger partial charge in [-0.15, -0.1) is 0 Å². The van der Waals surface area contributed by atoms with Crippen LogP contribution in [0.3, 0.4) is 0 Å². The number of rotatable bonds is 14. The third-order valence-corrected chi connectivity index (χ3v) is 6.94. The summed E-state index contributed by atoms with van der Waals surface area (Å²) in [6, 6.07) is 18.1. The van der Waals surface area contributed by atoms with Gasteiger partial charge >= 0.3 is 11.9 Å². The number of nitrogens with two attached hydrogens (primary N) is 1. The number of pyridine rings is 1. The van der Waals surface area contributed by atoms with Crippen LogP contribution in [0.1, 0.15) is 61.8 Å². The summed E-state index contributed by atoms with van der Waals surface area (Å²) in [7, 11) is 1.92. The molecule has 1 atom stereocenters. The number of ether oxygens (including phenoxy) is 2. The predicted octanol–water partition coefficient (Wildman–Crippen LogP) is 4.58. The molecule has 0 aliphatic rings. The summed E-state index contributed by atoms with van der Waals surface area (Å²) in [6.45, 7) is 6.16. The largest absolute Gasteiger partial charge is 0.466 e. The monoisotopic (exact) mass is 613 g/mol. The average Bonchev–Trinajstić information content (AvgIpc) is 3.35. The first-order chi connectivity index (χ1) is 21.7. The Morgan fingerprint density at radius 3 is 2.47 bits per heavy atom. The number of hydrogen-bond acceptors (Lipinski definition) is 9. The molecule has 0 aliphatic heterocycles. The van der Waals surface area contributed by atoms with Gasteiger partial charge in [-0.3, -0.25) is 19.3 Å². The molecule has 0 radical (unpaired) electrons. The molecule has 0 saturated heterocycles. The van der Waals surface area contributed by atoms with Crippen molar-refractivity contribution in [3.8, 4) is 0 Å². The molecule has 1 amide bonds. The second-order valence-corrected chi connectivity index (χ2v) is 10.3. The summed E-state index contributed by atoms with van der Waals surface area (Å²) >= 11 is 0. The standard InChI is InChI=1S/C33H39N7O5/c1-5-9-31(42)45-22(3)37-32(34)23-11-14-25(15-12-23)36-21-29-38-26-20-24(13-16-27(26)39(29)4)33(43)40(19-17-30(41)44-6-2)28-10-7-8-18-35-28/h7-8,10-16,18,20,22,36H,5-6,9,17,19,21H2,1-4H3,(H2,34,37). The molecule has 0 aliphatic carbocycles. The highest BCUT2D eigenvalue weighted by Crippen LogP contribution is 2.21. The maximum Gasteiger partial charge on any atom is 0.307 e. The number of carbonyl (C=O) groups excluding carboxylic acids is 3. The van der Waals surface area contributed by atoms with Gasteiger partial charge in [0.1, 0.15) is 17.5 Å². The second kappa shape index (κ2) is 15.5. The second-order valence-electron chi connectivity index (χ2n) is 10.3. The lowest BCUT2D eigenvalue weighted by atomic mass is 10.1. The van der Waals surface area contributed by atoms with E-state index in [4.69, 9.17) is 20.2 Å². The number of carbonyl (C=O) groups is 3. The van der Waals surface area contributed by atoms with Crippen LogP contribution in [0.15, 0.2) is 71.9 Å². The molecular weight excluding hydrogens is 574 g/mol. The number of aromatic nitrogens is 3. The van der Waals surface area contributed by atoms with Crippen molar-refractivity contribution in [3.63, 3.8) is 0 Å². The Labute approximate surface area is 262 Å².